The first-order valence-corrected chi connectivity index (χ1v) is 5.96. The van der Waals surface area contributed by atoms with Crippen molar-refractivity contribution in [3.63, 3.8) is 0 Å². The third kappa shape index (κ3) is 2.67. The molecule has 92 valence electrons. The Bertz CT molecular complexity index is 440. The molecule has 1 aliphatic heterocycles. The number of anilines is 1. The largest absolute Gasteiger partial charge is 0.389 e. The van der Waals surface area contributed by atoms with Crippen molar-refractivity contribution in [3.05, 3.63) is 41.2 Å². The van der Waals surface area contributed by atoms with Crippen LogP contribution in [0.2, 0.25) is 0 Å². The third-order valence-corrected chi connectivity index (χ3v) is 3.13. The highest BCUT2D eigenvalue weighted by atomic mass is 19.1. The zero-order valence-electron chi connectivity index (χ0n) is 10.3. The minimum atomic E-state index is -0.624. The first-order valence-electron chi connectivity index (χ1n) is 5.96. The summed E-state index contributed by atoms with van der Waals surface area (Å²) in [6.07, 6.45) is 2.53. The van der Waals surface area contributed by atoms with Gasteiger partial charge in [0.1, 0.15) is 5.82 Å². The molecule has 17 heavy (non-hydrogen) atoms. The molecule has 0 aliphatic carbocycles. The number of rotatable bonds is 2. The normalized spacial score (nSPS) is 17.9. The lowest BCUT2D eigenvalue weighted by Crippen LogP contribution is -2.29. The first kappa shape index (κ1) is 12.1. The first-order chi connectivity index (χ1) is 8.08. The fraction of sp³-hybridized carbons (Fsp3) is 0.429. The van der Waals surface area contributed by atoms with E-state index in [1.54, 1.807) is 19.1 Å². The number of aliphatic hydroxyl groups is 1. The Hall–Kier alpha value is -1.35. The van der Waals surface area contributed by atoms with Crippen molar-refractivity contribution < 1.29 is 9.50 Å². The summed E-state index contributed by atoms with van der Waals surface area (Å²) in [6, 6.07) is 4.97. The predicted molar refractivity (Wildman–Crippen MR) is 67.6 cm³/mol. The Morgan fingerprint density at radius 1 is 1.41 bits per heavy atom. The van der Waals surface area contributed by atoms with Gasteiger partial charge < -0.3 is 10.0 Å². The van der Waals surface area contributed by atoms with Crippen molar-refractivity contribution in [2.24, 2.45) is 0 Å². The van der Waals surface area contributed by atoms with E-state index in [2.05, 4.69) is 13.0 Å². The standard InChI is InChI=1S/C14H18FNO/c1-10-4-3-7-16(9-10)14-6-5-12(11(2)17)8-13(14)15/h4-6,8,11,17H,3,7,9H2,1-2H3/t11-/m0/s1. The fourth-order valence-electron chi connectivity index (χ4n) is 2.16. The van der Waals surface area contributed by atoms with E-state index >= 15 is 0 Å². The van der Waals surface area contributed by atoms with Crippen molar-refractivity contribution >= 4 is 5.69 Å². The quantitative estimate of drug-likeness (QED) is 0.796. The van der Waals surface area contributed by atoms with Crippen LogP contribution in [0.4, 0.5) is 10.1 Å². The molecule has 1 aromatic rings. The van der Waals surface area contributed by atoms with Gasteiger partial charge in [-0.1, -0.05) is 17.7 Å². The molecule has 0 bridgehead atoms. The molecule has 1 aliphatic rings. The Balaban J connectivity index is 2.25. The van der Waals surface area contributed by atoms with Gasteiger partial charge in [0.25, 0.3) is 0 Å². The van der Waals surface area contributed by atoms with Crippen LogP contribution >= 0.6 is 0 Å². The topological polar surface area (TPSA) is 23.5 Å². The smallest absolute Gasteiger partial charge is 0.146 e. The summed E-state index contributed by atoms with van der Waals surface area (Å²) in [5.41, 5.74) is 2.52. The maximum atomic E-state index is 13.9. The van der Waals surface area contributed by atoms with Gasteiger partial charge in [0.15, 0.2) is 0 Å². The lowest BCUT2D eigenvalue weighted by molar-refractivity contribution is 0.199. The summed E-state index contributed by atoms with van der Waals surface area (Å²) in [5.74, 6) is -0.252. The maximum absolute atomic E-state index is 13.9. The fourth-order valence-corrected chi connectivity index (χ4v) is 2.16. The van der Waals surface area contributed by atoms with Gasteiger partial charge in [-0.05, 0) is 38.0 Å². The molecule has 0 fully saturated rings. The molecule has 1 heterocycles. The lowest BCUT2D eigenvalue weighted by Gasteiger charge is -2.28. The SMILES string of the molecule is CC1=CCCN(c2ccc([C@H](C)O)cc2F)C1. The third-order valence-electron chi connectivity index (χ3n) is 3.13. The number of hydrogen-bond acceptors (Lipinski definition) is 2. The molecule has 1 N–H and O–H groups in total. The van der Waals surface area contributed by atoms with E-state index in [9.17, 15) is 9.50 Å². The van der Waals surface area contributed by atoms with Crippen LogP contribution in [0.3, 0.4) is 0 Å². The monoisotopic (exact) mass is 235 g/mol. The number of halogens is 1. The second-order valence-corrected chi connectivity index (χ2v) is 4.65. The second kappa shape index (κ2) is 4.88. The zero-order chi connectivity index (χ0) is 12.4. The Kier molecular flexibility index (Phi) is 3.48. The molecule has 0 radical (unpaired) electrons. The summed E-state index contributed by atoms with van der Waals surface area (Å²) < 4.78 is 13.9. The highest BCUT2D eigenvalue weighted by Crippen LogP contribution is 2.25. The Morgan fingerprint density at radius 2 is 2.18 bits per heavy atom. The van der Waals surface area contributed by atoms with Gasteiger partial charge in [0, 0.05) is 13.1 Å². The van der Waals surface area contributed by atoms with Crippen molar-refractivity contribution in [2.75, 3.05) is 18.0 Å². The molecule has 0 unspecified atom stereocenters. The lowest BCUT2D eigenvalue weighted by atomic mass is 10.1. The summed E-state index contributed by atoms with van der Waals surface area (Å²) in [7, 11) is 0. The zero-order valence-corrected chi connectivity index (χ0v) is 10.3. The molecule has 2 nitrogen and oxygen atoms in total. The minimum absolute atomic E-state index is 0.252. The van der Waals surface area contributed by atoms with E-state index in [-0.39, 0.29) is 5.82 Å². The molecule has 2 rings (SSSR count). The molecular formula is C14H18FNO. The Labute approximate surface area is 101 Å². The van der Waals surface area contributed by atoms with E-state index < -0.39 is 6.10 Å². The van der Waals surface area contributed by atoms with Crippen LogP contribution in [-0.2, 0) is 0 Å². The van der Waals surface area contributed by atoms with Gasteiger partial charge in [0.2, 0.25) is 0 Å². The number of hydrogen-bond donors (Lipinski definition) is 1. The van der Waals surface area contributed by atoms with Crippen LogP contribution in [-0.4, -0.2) is 18.2 Å². The van der Waals surface area contributed by atoms with Gasteiger partial charge in [-0.2, -0.15) is 0 Å². The maximum Gasteiger partial charge on any atom is 0.146 e. The van der Waals surface area contributed by atoms with Crippen LogP contribution < -0.4 is 4.90 Å². The van der Waals surface area contributed by atoms with Crippen LogP contribution in [0.25, 0.3) is 0 Å². The van der Waals surface area contributed by atoms with E-state index in [0.29, 0.717) is 11.3 Å². The number of aliphatic hydroxyl groups excluding tert-OH is 1. The number of nitrogens with zero attached hydrogens (tertiary/aromatic N) is 1. The van der Waals surface area contributed by atoms with E-state index in [4.69, 9.17) is 0 Å². The molecular weight excluding hydrogens is 217 g/mol. The van der Waals surface area contributed by atoms with Crippen molar-refractivity contribution in [3.8, 4) is 0 Å². The molecule has 0 saturated carbocycles. The van der Waals surface area contributed by atoms with Crippen molar-refractivity contribution in [1.82, 2.24) is 0 Å². The van der Waals surface area contributed by atoms with Crippen molar-refractivity contribution in [1.29, 1.82) is 0 Å². The average Bonchev–Trinajstić information content (AvgIpc) is 2.28. The van der Waals surface area contributed by atoms with Crippen molar-refractivity contribution in [2.45, 2.75) is 26.4 Å². The summed E-state index contributed by atoms with van der Waals surface area (Å²) in [4.78, 5) is 2.04. The highest BCUT2D eigenvalue weighted by molar-refractivity contribution is 5.51. The molecule has 0 amide bonds. The van der Waals surface area contributed by atoms with Crippen LogP contribution in [0.1, 0.15) is 31.9 Å². The van der Waals surface area contributed by atoms with Crippen LogP contribution in [0.15, 0.2) is 29.8 Å². The average molecular weight is 235 g/mol. The Morgan fingerprint density at radius 3 is 2.76 bits per heavy atom. The predicted octanol–water partition coefficient (Wildman–Crippen LogP) is 3.04. The van der Waals surface area contributed by atoms with E-state index in [1.165, 1.54) is 11.6 Å². The van der Waals surface area contributed by atoms with E-state index in [0.717, 1.165) is 19.5 Å². The van der Waals surface area contributed by atoms with E-state index in [1.807, 2.05) is 4.90 Å². The molecule has 1 aromatic carbocycles. The summed E-state index contributed by atoms with van der Waals surface area (Å²) in [6.45, 7) is 5.34. The molecule has 1 atom stereocenters. The van der Waals surface area contributed by atoms with Gasteiger partial charge >= 0.3 is 0 Å². The summed E-state index contributed by atoms with van der Waals surface area (Å²) in [5, 5.41) is 9.40. The van der Waals surface area contributed by atoms with Gasteiger partial charge in [-0.25, -0.2) is 4.39 Å². The minimum Gasteiger partial charge on any atom is -0.389 e. The van der Waals surface area contributed by atoms with Gasteiger partial charge in [-0.15, -0.1) is 0 Å². The van der Waals surface area contributed by atoms with Crippen LogP contribution in [0.5, 0.6) is 0 Å². The molecule has 0 saturated heterocycles. The van der Waals surface area contributed by atoms with Crippen LogP contribution in [0, 0.1) is 5.82 Å². The molecule has 0 aromatic heterocycles. The highest BCUT2D eigenvalue weighted by Gasteiger charge is 2.15. The van der Waals surface area contributed by atoms with Gasteiger partial charge in [-0.3, -0.25) is 0 Å². The number of benzene rings is 1. The second-order valence-electron chi connectivity index (χ2n) is 4.65. The summed E-state index contributed by atoms with van der Waals surface area (Å²) >= 11 is 0. The molecule has 0 spiro atoms. The van der Waals surface area contributed by atoms with Gasteiger partial charge in [0.05, 0.1) is 11.8 Å². The molecule has 3 heteroatoms.